The molecule has 0 radical (unpaired) electrons. The normalized spacial score (nSPS) is 12.5. The van der Waals surface area contributed by atoms with Gasteiger partial charge in [0.25, 0.3) is 0 Å². The van der Waals surface area contributed by atoms with Crippen LogP contribution in [0.5, 0.6) is 5.75 Å². The van der Waals surface area contributed by atoms with Crippen LogP contribution in [-0.2, 0) is 9.05 Å². The molecular weight excluding hydrogens is 354 g/mol. The summed E-state index contributed by atoms with van der Waals surface area (Å²) in [4.78, 5) is 0. The maximum atomic E-state index is 11.1. The zero-order chi connectivity index (χ0) is 14.8. The van der Waals surface area contributed by atoms with E-state index >= 15 is 0 Å². The third kappa shape index (κ3) is 5.96. The summed E-state index contributed by atoms with van der Waals surface area (Å²) in [6.45, 7) is 3.52. The lowest BCUT2D eigenvalue weighted by molar-refractivity contribution is 0.200. The van der Waals surface area contributed by atoms with E-state index in [1.807, 2.05) is 0 Å². The van der Waals surface area contributed by atoms with Crippen LogP contribution in [-0.4, -0.2) is 20.8 Å². The van der Waals surface area contributed by atoms with E-state index in [1.165, 1.54) is 12.1 Å². The SMILES string of the molecule is CC(C)(COc1c(Cl)cc(Cl)cc1Cl)CS(=O)(=O)Cl. The molecule has 1 rings (SSSR count). The van der Waals surface area contributed by atoms with Gasteiger partial charge in [0.2, 0.25) is 9.05 Å². The molecule has 0 saturated carbocycles. The molecular formula is C11H12Cl4O3S. The van der Waals surface area contributed by atoms with Gasteiger partial charge >= 0.3 is 0 Å². The average Bonchev–Trinajstić information content (AvgIpc) is 2.10. The van der Waals surface area contributed by atoms with Gasteiger partial charge in [0.05, 0.1) is 22.4 Å². The van der Waals surface area contributed by atoms with E-state index in [9.17, 15) is 8.42 Å². The Balaban J connectivity index is 2.83. The number of ether oxygens (including phenoxy) is 1. The highest BCUT2D eigenvalue weighted by atomic mass is 35.7. The molecule has 0 unspecified atom stereocenters. The van der Waals surface area contributed by atoms with Gasteiger partial charge in [0.15, 0.2) is 5.75 Å². The van der Waals surface area contributed by atoms with Crippen LogP contribution in [0.2, 0.25) is 15.1 Å². The predicted molar refractivity (Wildman–Crippen MR) is 80.4 cm³/mol. The third-order valence-electron chi connectivity index (χ3n) is 2.13. The topological polar surface area (TPSA) is 43.4 Å². The molecule has 0 N–H and O–H groups in total. The minimum atomic E-state index is -3.61. The first-order valence-corrected chi connectivity index (χ1v) is 8.81. The molecule has 8 heteroatoms. The highest BCUT2D eigenvalue weighted by Gasteiger charge is 2.26. The second-order valence-electron chi connectivity index (χ2n) is 4.83. The Kier molecular flexibility index (Phi) is 5.67. The summed E-state index contributed by atoms with van der Waals surface area (Å²) >= 11 is 17.7. The van der Waals surface area contributed by atoms with E-state index in [2.05, 4.69) is 0 Å². The van der Waals surface area contributed by atoms with Gasteiger partial charge < -0.3 is 4.74 Å². The van der Waals surface area contributed by atoms with Gasteiger partial charge in [-0.25, -0.2) is 8.42 Å². The van der Waals surface area contributed by atoms with Crippen LogP contribution in [0.15, 0.2) is 12.1 Å². The summed E-state index contributed by atoms with van der Waals surface area (Å²) in [5.74, 6) is 0.0532. The Morgan fingerprint density at radius 3 is 2.05 bits per heavy atom. The largest absolute Gasteiger partial charge is 0.490 e. The molecule has 3 nitrogen and oxygen atoms in total. The van der Waals surface area contributed by atoms with Crippen molar-refractivity contribution in [1.29, 1.82) is 0 Å². The van der Waals surface area contributed by atoms with Crippen molar-refractivity contribution in [3.05, 3.63) is 27.2 Å². The van der Waals surface area contributed by atoms with Crippen LogP contribution in [0, 0.1) is 5.41 Å². The number of halogens is 4. The molecule has 0 atom stereocenters. The number of benzene rings is 1. The number of rotatable bonds is 5. The second kappa shape index (κ2) is 6.27. The van der Waals surface area contributed by atoms with Crippen LogP contribution in [0.3, 0.4) is 0 Å². The Morgan fingerprint density at radius 1 is 1.16 bits per heavy atom. The molecule has 0 aliphatic rings. The summed E-state index contributed by atoms with van der Waals surface area (Å²) in [7, 11) is 1.62. The fourth-order valence-electron chi connectivity index (χ4n) is 1.44. The smallest absolute Gasteiger partial charge is 0.233 e. The molecule has 0 aromatic heterocycles. The van der Waals surface area contributed by atoms with Crippen molar-refractivity contribution in [2.75, 3.05) is 12.4 Å². The molecule has 19 heavy (non-hydrogen) atoms. The Labute approximate surface area is 132 Å². The van der Waals surface area contributed by atoms with E-state index in [0.29, 0.717) is 5.02 Å². The molecule has 0 bridgehead atoms. The van der Waals surface area contributed by atoms with E-state index in [1.54, 1.807) is 13.8 Å². The highest BCUT2D eigenvalue weighted by Crippen LogP contribution is 2.36. The summed E-state index contributed by atoms with van der Waals surface area (Å²) in [6.07, 6.45) is 0. The van der Waals surface area contributed by atoms with Crippen molar-refractivity contribution in [3.63, 3.8) is 0 Å². The van der Waals surface area contributed by atoms with Gasteiger partial charge in [-0.2, -0.15) is 0 Å². The first-order valence-electron chi connectivity index (χ1n) is 5.20. The third-order valence-corrected chi connectivity index (χ3v) is 4.37. The van der Waals surface area contributed by atoms with Gasteiger partial charge in [0, 0.05) is 21.1 Å². The maximum Gasteiger partial charge on any atom is 0.233 e. The van der Waals surface area contributed by atoms with Gasteiger partial charge in [-0.05, 0) is 12.1 Å². The molecule has 1 aromatic rings. The van der Waals surface area contributed by atoms with Crippen molar-refractivity contribution < 1.29 is 13.2 Å². The van der Waals surface area contributed by atoms with E-state index in [-0.39, 0.29) is 28.2 Å². The Bertz CT molecular complexity index is 546. The Morgan fingerprint density at radius 2 is 1.63 bits per heavy atom. The minimum Gasteiger partial charge on any atom is -0.490 e. The zero-order valence-corrected chi connectivity index (χ0v) is 14.1. The van der Waals surface area contributed by atoms with E-state index in [0.717, 1.165) is 0 Å². The summed E-state index contributed by atoms with van der Waals surface area (Å²) in [5.41, 5.74) is -0.674. The molecule has 0 fully saturated rings. The van der Waals surface area contributed by atoms with Crippen molar-refractivity contribution in [2.24, 2.45) is 5.41 Å². The molecule has 108 valence electrons. The quantitative estimate of drug-likeness (QED) is 0.715. The monoisotopic (exact) mass is 364 g/mol. The van der Waals surface area contributed by atoms with Gasteiger partial charge in [-0.1, -0.05) is 48.7 Å². The van der Waals surface area contributed by atoms with Crippen LogP contribution in [0.4, 0.5) is 0 Å². The van der Waals surface area contributed by atoms with Gasteiger partial charge in [0.1, 0.15) is 0 Å². The lowest BCUT2D eigenvalue weighted by Gasteiger charge is -2.23. The Hall–Kier alpha value is 0.130. The lowest BCUT2D eigenvalue weighted by Crippen LogP contribution is -2.28. The van der Waals surface area contributed by atoms with Crippen molar-refractivity contribution >= 4 is 54.5 Å². The minimum absolute atomic E-state index is 0.0972. The summed E-state index contributed by atoms with van der Waals surface area (Å²) in [5, 5.41) is 0.925. The average molecular weight is 366 g/mol. The lowest BCUT2D eigenvalue weighted by atomic mass is 9.98. The molecule has 0 aliphatic heterocycles. The zero-order valence-electron chi connectivity index (χ0n) is 10.2. The summed E-state index contributed by atoms with van der Waals surface area (Å²) < 4.78 is 27.6. The standard InChI is InChI=1S/C11H12Cl4O3S/c1-11(2,6-19(15,16)17)5-18-10-8(13)3-7(12)4-9(10)14/h3-4H,5-6H2,1-2H3. The summed E-state index contributed by atoms with van der Waals surface area (Å²) in [6, 6.07) is 2.99. The van der Waals surface area contributed by atoms with Crippen LogP contribution in [0.1, 0.15) is 13.8 Å². The number of hydrogen-bond acceptors (Lipinski definition) is 3. The molecule has 1 aromatic carbocycles. The predicted octanol–water partition coefficient (Wildman–Crippen LogP) is 4.62. The molecule has 0 heterocycles. The molecule has 0 saturated heterocycles. The van der Waals surface area contributed by atoms with Gasteiger partial charge in [-0.3, -0.25) is 0 Å². The van der Waals surface area contributed by atoms with Crippen LogP contribution < -0.4 is 4.74 Å². The number of hydrogen-bond donors (Lipinski definition) is 0. The highest BCUT2D eigenvalue weighted by molar-refractivity contribution is 8.13. The first-order chi connectivity index (χ1) is 8.50. The van der Waals surface area contributed by atoms with Gasteiger partial charge in [-0.15, -0.1) is 0 Å². The first kappa shape index (κ1) is 17.2. The molecule has 0 spiro atoms. The fraction of sp³-hybridized carbons (Fsp3) is 0.455. The molecule has 0 aliphatic carbocycles. The van der Waals surface area contributed by atoms with Crippen molar-refractivity contribution in [2.45, 2.75) is 13.8 Å². The van der Waals surface area contributed by atoms with Crippen LogP contribution in [0.25, 0.3) is 0 Å². The van der Waals surface area contributed by atoms with Crippen molar-refractivity contribution in [3.8, 4) is 5.75 Å². The maximum absolute atomic E-state index is 11.1. The molecule has 0 amide bonds. The van der Waals surface area contributed by atoms with Crippen LogP contribution >= 0.6 is 45.5 Å². The van der Waals surface area contributed by atoms with Crippen molar-refractivity contribution in [1.82, 2.24) is 0 Å². The second-order valence-corrected chi connectivity index (χ2v) is 8.86. The van der Waals surface area contributed by atoms with E-state index < -0.39 is 14.5 Å². The fourth-order valence-corrected chi connectivity index (χ4v) is 4.27. The van der Waals surface area contributed by atoms with E-state index in [4.69, 9.17) is 50.2 Å².